The summed E-state index contributed by atoms with van der Waals surface area (Å²) >= 11 is 5.53. The molecule has 1 aliphatic rings. The predicted molar refractivity (Wildman–Crippen MR) is 53.7 cm³/mol. The van der Waals surface area contributed by atoms with E-state index in [0.29, 0.717) is 0 Å². The molecule has 17 heavy (non-hydrogen) atoms. The first kappa shape index (κ1) is 12.0. The molecule has 0 aliphatic carbocycles. The molecule has 1 heterocycles. The highest BCUT2D eigenvalue weighted by molar-refractivity contribution is 6.30. The number of nitrogens with one attached hydrogen (secondary N) is 1. The minimum atomic E-state index is -4.53. The van der Waals surface area contributed by atoms with Crippen molar-refractivity contribution >= 4 is 17.7 Å². The van der Waals surface area contributed by atoms with E-state index in [-0.39, 0.29) is 17.1 Å². The van der Waals surface area contributed by atoms with E-state index in [1.165, 1.54) is 12.1 Å². The Bertz CT molecular complexity index is 461. The van der Waals surface area contributed by atoms with E-state index in [4.69, 9.17) is 16.3 Å². The van der Waals surface area contributed by atoms with Crippen molar-refractivity contribution < 1.29 is 22.7 Å². The molecular weight excluding hydrogens is 259 g/mol. The van der Waals surface area contributed by atoms with Gasteiger partial charge in [0.05, 0.1) is 12.1 Å². The van der Waals surface area contributed by atoms with Gasteiger partial charge in [-0.05, 0) is 12.1 Å². The van der Waals surface area contributed by atoms with Gasteiger partial charge < -0.3 is 10.1 Å². The molecule has 1 N–H and O–H groups in total. The number of alkyl carbamates (subject to hydrolysis) is 1. The number of carbonyl (C=O) groups is 1. The summed E-state index contributed by atoms with van der Waals surface area (Å²) in [5.74, 6) is 0. The third kappa shape index (κ3) is 2.46. The third-order valence-electron chi connectivity index (χ3n) is 2.35. The van der Waals surface area contributed by atoms with Crippen molar-refractivity contribution in [3.05, 3.63) is 34.3 Å². The van der Waals surface area contributed by atoms with Crippen molar-refractivity contribution in [1.29, 1.82) is 0 Å². The van der Waals surface area contributed by atoms with Crippen LogP contribution in [0.4, 0.5) is 18.0 Å². The summed E-state index contributed by atoms with van der Waals surface area (Å²) in [4.78, 5) is 10.8. The summed E-state index contributed by atoms with van der Waals surface area (Å²) < 4.78 is 43.0. The molecule has 2 rings (SSSR count). The molecule has 1 unspecified atom stereocenters. The molecule has 1 atom stereocenters. The van der Waals surface area contributed by atoms with E-state index in [0.717, 1.165) is 6.07 Å². The smallest absolute Gasteiger partial charge is 0.416 e. The van der Waals surface area contributed by atoms with Gasteiger partial charge in [-0.15, -0.1) is 0 Å². The van der Waals surface area contributed by atoms with Crippen LogP contribution in [-0.4, -0.2) is 12.6 Å². The molecule has 0 aromatic heterocycles. The summed E-state index contributed by atoms with van der Waals surface area (Å²) in [6, 6.07) is 3.37. The molecule has 0 radical (unpaired) electrons. The molecule has 1 aliphatic heterocycles. The van der Waals surface area contributed by atoms with Crippen LogP contribution in [0, 0.1) is 0 Å². The SMILES string of the molecule is O=C1NCC(c2ccc(Cl)cc2C(F)(F)F)O1. The average molecular weight is 266 g/mol. The Hall–Kier alpha value is -1.43. The minimum absolute atomic E-state index is 0.0154. The first-order valence-corrected chi connectivity index (χ1v) is 5.07. The summed E-state index contributed by atoms with van der Waals surface area (Å²) in [5.41, 5.74) is -0.980. The first-order chi connectivity index (χ1) is 7.88. The molecule has 1 amide bonds. The zero-order valence-electron chi connectivity index (χ0n) is 8.34. The maximum atomic E-state index is 12.8. The van der Waals surface area contributed by atoms with E-state index in [2.05, 4.69) is 5.32 Å². The van der Waals surface area contributed by atoms with Crippen LogP contribution in [0.1, 0.15) is 17.2 Å². The zero-order chi connectivity index (χ0) is 12.6. The van der Waals surface area contributed by atoms with Crippen molar-refractivity contribution in [2.24, 2.45) is 0 Å². The monoisotopic (exact) mass is 265 g/mol. The number of cyclic esters (lactones) is 1. The Kier molecular flexibility index (Phi) is 2.91. The molecule has 1 fully saturated rings. The van der Waals surface area contributed by atoms with Crippen molar-refractivity contribution in [3.63, 3.8) is 0 Å². The largest absolute Gasteiger partial charge is 0.439 e. The van der Waals surface area contributed by atoms with Gasteiger partial charge in [0.15, 0.2) is 0 Å². The van der Waals surface area contributed by atoms with Crippen LogP contribution in [0.25, 0.3) is 0 Å². The molecule has 1 aromatic carbocycles. The molecule has 7 heteroatoms. The maximum Gasteiger partial charge on any atom is 0.416 e. The van der Waals surface area contributed by atoms with Gasteiger partial charge in [-0.25, -0.2) is 4.79 Å². The molecular formula is C10H7ClF3NO2. The highest BCUT2D eigenvalue weighted by atomic mass is 35.5. The average Bonchev–Trinajstić information content (AvgIpc) is 2.63. The number of benzene rings is 1. The lowest BCUT2D eigenvalue weighted by atomic mass is 10.0. The molecule has 3 nitrogen and oxygen atoms in total. The van der Waals surface area contributed by atoms with E-state index in [1.54, 1.807) is 0 Å². The molecule has 0 saturated carbocycles. The number of hydrogen-bond acceptors (Lipinski definition) is 2. The van der Waals surface area contributed by atoms with Crippen molar-refractivity contribution in [1.82, 2.24) is 5.32 Å². The number of halogens is 4. The summed E-state index contributed by atoms with van der Waals surface area (Å²) in [6.45, 7) is 0.0174. The minimum Gasteiger partial charge on any atom is -0.439 e. The molecule has 0 spiro atoms. The molecule has 92 valence electrons. The van der Waals surface area contributed by atoms with E-state index >= 15 is 0 Å². The van der Waals surface area contributed by atoms with Gasteiger partial charge in [0.25, 0.3) is 0 Å². The Morgan fingerprint density at radius 1 is 1.41 bits per heavy atom. The lowest BCUT2D eigenvalue weighted by molar-refractivity contribution is -0.139. The molecule has 1 aromatic rings. The first-order valence-electron chi connectivity index (χ1n) is 4.69. The number of alkyl halides is 3. The van der Waals surface area contributed by atoms with Crippen LogP contribution in [-0.2, 0) is 10.9 Å². The number of rotatable bonds is 1. The van der Waals surface area contributed by atoms with Crippen molar-refractivity contribution in [2.75, 3.05) is 6.54 Å². The lowest BCUT2D eigenvalue weighted by Gasteiger charge is -2.16. The van der Waals surface area contributed by atoms with Gasteiger partial charge in [-0.1, -0.05) is 17.7 Å². The predicted octanol–water partition coefficient (Wildman–Crippen LogP) is 3.14. The van der Waals surface area contributed by atoms with Crippen molar-refractivity contribution in [3.8, 4) is 0 Å². The molecule has 1 saturated heterocycles. The van der Waals surface area contributed by atoms with E-state index in [9.17, 15) is 18.0 Å². The van der Waals surface area contributed by atoms with Crippen LogP contribution < -0.4 is 5.32 Å². The second-order valence-corrected chi connectivity index (χ2v) is 3.94. The van der Waals surface area contributed by atoms with Crippen LogP contribution in [0.3, 0.4) is 0 Å². The summed E-state index contributed by atoms with van der Waals surface area (Å²) in [7, 11) is 0. The number of amides is 1. The van der Waals surface area contributed by atoms with Crippen molar-refractivity contribution in [2.45, 2.75) is 12.3 Å². The fourth-order valence-corrected chi connectivity index (χ4v) is 1.79. The third-order valence-corrected chi connectivity index (χ3v) is 2.58. The highest BCUT2D eigenvalue weighted by Gasteiger charge is 2.37. The topological polar surface area (TPSA) is 38.3 Å². The van der Waals surface area contributed by atoms with Gasteiger partial charge in [-0.3, -0.25) is 0 Å². The standard InChI is InChI=1S/C10H7ClF3NO2/c11-5-1-2-6(7(3-5)10(12,13)14)8-4-15-9(16)17-8/h1-3,8H,4H2,(H,15,16). The Balaban J connectivity index is 2.43. The maximum absolute atomic E-state index is 12.8. The van der Waals surface area contributed by atoms with Crippen LogP contribution in [0.15, 0.2) is 18.2 Å². The van der Waals surface area contributed by atoms with Gasteiger partial charge in [0.1, 0.15) is 6.10 Å². The number of carbonyl (C=O) groups excluding carboxylic acids is 1. The Morgan fingerprint density at radius 2 is 2.12 bits per heavy atom. The van der Waals surface area contributed by atoms with Gasteiger partial charge in [-0.2, -0.15) is 13.2 Å². The van der Waals surface area contributed by atoms with Gasteiger partial charge >= 0.3 is 12.3 Å². The number of ether oxygens (including phenoxy) is 1. The normalized spacial score (nSPS) is 20.0. The Labute approximate surface area is 99.5 Å². The Morgan fingerprint density at radius 3 is 2.65 bits per heavy atom. The number of hydrogen-bond donors (Lipinski definition) is 1. The van der Waals surface area contributed by atoms with Crippen LogP contribution in [0.5, 0.6) is 0 Å². The fraction of sp³-hybridized carbons (Fsp3) is 0.300. The zero-order valence-corrected chi connectivity index (χ0v) is 9.10. The fourth-order valence-electron chi connectivity index (χ4n) is 1.62. The van der Waals surface area contributed by atoms with E-state index in [1.807, 2.05) is 0 Å². The lowest BCUT2D eigenvalue weighted by Crippen LogP contribution is -2.15. The summed E-state index contributed by atoms with van der Waals surface area (Å²) in [5, 5.41) is 2.28. The highest BCUT2D eigenvalue weighted by Crippen LogP contribution is 2.37. The van der Waals surface area contributed by atoms with Crippen LogP contribution in [0.2, 0.25) is 5.02 Å². The van der Waals surface area contributed by atoms with Gasteiger partial charge in [0.2, 0.25) is 0 Å². The van der Waals surface area contributed by atoms with Crippen LogP contribution >= 0.6 is 11.6 Å². The van der Waals surface area contributed by atoms with E-state index < -0.39 is 23.9 Å². The molecule has 0 bridgehead atoms. The second kappa shape index (κ2) is 4.10. The second-order valence-electron chi connectivity index (χ2n) is 3.50. The van der Waals surface area contributed by atoms with Gasteiger partial charge in [0, 0.05) is 10.6 Å². The quantitative estimate of drug-likeness (QED) is 0.847. The summed E-state index contributed by atoms with van der Waals surface area (Å²) in [6.07, 6.45) is -6.19.